The van der Waals surface area contributed by atoms with Gasteiger partial charge in [0, 0.05) is 7.05 Å². The minimum atomic E-state index is -0.608. The lowest BCUT2D eigenvalue weighted by Gasteiger charge is -2.00. The van der Waals surface area contributed by atoms with E-state index in [0.29, 0.717) is 0 Å². The molecule has 0 fully saturated rings. The van der Waals surface area contributed by atoms with Crippen molar-refractivity contribution in [2.45, 2.75) is 6.92 Å². The van der Waals surface area contributed by atoms with Gasteiger partial charge in [0.2, 0.25) is 11.8 Å². The molecule has 0 saturated heterocycles. The number of rotatable bonds is 2. The molecule has 12 heavy (non-hydrogen) atoms. The van der Waals surface area contributed by atoms with Crippen LogP contribution in [0, 0.1) is 5.95 Å². The van der Waals surface area contributed by atoms with Crippen molar-refractivity contribution in [3.8, 4) is 0 Å². The van der Waals surface area contributed by atoms with Gasteiger partial charge >= 0.3 is 5.97 Å². The maximum atomic E-state index is 12.6. The standard InChI is InChI=1S/C7H9FN2O2/c1-3-12-7(11)6-9-4-5(8)10(6)2/h4H,3H2,1-2H3. The summed E-state index contributed by atoms with van der Waals surface area (Å²) < 4.78 is 18.3. The van der Waals surface area contributed by atoms with Crippen LogP contribution in [0.4, 0.5) is 4.39 Å². The number of hydrogen-bond donors (Lipinski definition) is 0. The topological polar surface area (TPSA) is 44.1 Å². The first-order valence-corrected chi connectivity index (χ1v) is 3.51. The summed E-state index contributed by atoms with van der Waals surface area (Å²) in [5.74, 6) is -1.18. The molecule has 0 spiro atoms. The SMILES string of the molecule is CCOC(=O)c1ncc(F)n1C. The van der Waals surface area contributed by atoms with Crippen LogP contribution in [-0.2, 0) is 11.8 Å². The highest BCUT2D eigenvalue weighted by Crippen LogP contribution is 2.01. The molecule has 0 aliphatic heterocycles. The number of halogens is 1. The van der Waals surface area contributed by atoms with E-state index in [9.17, 15) is 9.18 Å². The second-order valence-electron chi connectivity index (χ2n) is 2.18. The van der Waals surface area contributed by atoms with Crippen LogP contribution in [0.15, 0.2) is 6.20 Å². The smallest absolute Gasteiger partial charge is 0.374 e. The maximum Gasteiger partial charge on any atom is 0.374 e. The average molecular weight is 172 g/mol. The van der Waals surface area contributed by atoms with Gasteiger partial charge in [-0.1, -0.05) is 0 Å². The van der Waals surface area contributed by atoms with E-state index >= 15 is 0 Å². The fraction of sp³-hybridized carbons (Fsp3) is 0.429. The summed E-state index contributed by atoms with van der Waals surface area (Å²) >= 11 is 0. The third kappa shape index (κ3) is 1.44. The van der Waals surface area contributed by atoms with E-state index in [4.69, 9.17) is 0 Å². The Kier molecular flexibility index (Phi) is 2.42. The van der Waals surface area contributed by atoms with E-state index in [0.717, 1.165) is 10.8 Å². The molecule has 0 unspecified atom stereocenters. The number of carbonyl (C=O) groups is 1. The minimum absolute atomic E-state index is 0.0191. The van der Waals surface area contributed by atoms with Gasteiger partial charge in [0.05, 0.1) is 12.8 Å². The number of ether oxygens (including phenoxy) is 1. The number of nitrogens with zero attached hydrogens (tertiary/aromatic N) is 2. The Balaban J connectivity index is 2.88. The van der Waals surface area contributed by atoms with Crippen LogP contribution in [0.5, 0.6) is 0 Å². The van der Waals surface area contributed by atoms with Gasteiger partial charge in [-0.15, -0.1) is 0 Å². The van der Waals surface area contributed by atoms with E-state index in [1.807, 2.05) is 0 Å². The van der Waals surface area contributed by atoms with Crippen LogP contribution >= 0.6 is 0 Å². The Hall–Kier alpha value is -1.39. The second kappa shape index (κ2) is 3.34. The minimum Gasteiger partial charge on any atom is -0.460 e. The first kappa shape index (κ1) is 8.70. The van der Waals surface area contributed by atoms with E-state index in [-0.39, 0.29) is 12.4 Å². The van der Waals surface area contributed by atoms with E-state index in [2.05, 4.69) is 9.72 Å². The number of aromatic nitrogens is 2. The molecule has 1 aromatic heterocycles. The summed E-state index contributed by atoms with van der Waals surface area (Å²) in [4.78, 5) is 14.6. The molecule has 0 atom stereocenters. The molecule has 0 radical (unpaired) electrons. The summed E-state index contributed by atoms with van der Waals surface area (Å²) in [6.07, 6.45) is 0.978. The zero-order valence-electron chi connectivity index (χ0n) is 6.87. The zero-order chi connectivity index (χ0) is 9.14. The quantitative estimate of drug-likeness (QED) is 0.618. The highest BCUT2D eigenvalue weighted by Gasteiger charge is 2.14. The monoisotopic (exact) mass is 172 g/mol. The zero-order valence-corrected chi connectivity index (χ0v) is 6.87. The van der Waals surface area contributed by atoms with Gasteiger partial charge in [0.25, 0.3) is 0 Å². The molecule has 0 saturated carbocycles. The van der Waals surface area contributed by atoms with Crippen molar-refractivity contribution in [2.75, 3.05) is 6.61 Å². The number of imidazole rings is 1. The van der Waals surface area contributed by atoms with Crippen LogP contribution in [0.2, 0.25) is 0 Å². The molecule has 0 aromatic carbocycles. The third-order valence-corrected chi connectivity index (χ3v) is 1.39. The van der Waals surface area contributed by atoms with Crippen molar-refractivity contribution in [3.63, 3.8) is 0 Å². The molecule has 0 bridgehead atoms. The van der Waals surface area contributed by atoms with Crippen molar-refractivity contribution in [1.29, 1.82) is 0 Å². The van der Waals surface area contributed by atoms with Crippen LogP contribution in [-0.4, -0.2) is 22.1 Å². The average Bonchev–Trinajstić information content (AvgIpc) is 2.34. The summed E-state index contributed by atoms with van der Waals surface area (Å²) in [6, 6.07) is 0. The van der Waals surface area contributed by atoms with Gasteiger partial charge < -0.3 is 4.74 Å². The first-order chi connectivity index (χ1) is 5.66. The Morgan fingerprint density at radius 2 is 2.50 bits per heavy atom. The molecule has 66 valence electrons. The molecule has 0 amide bonds. The highest BCUT2D eigenvalue weighted by atomic mass is 19.1. The van der Waals surface area contributed by atoms with Gasteiger partial charge in [0.1, 0.15) is 0 Å². The molecule has 0 aliphatic carbocycles. The predicted octanol–water partition coefficient (Wildman–Crippen LogP) is 0.736. The second-order valence-corrected chi connectivity index (χ2v) is 2.18. The van der Waals surface area contributed by atoms with Gasteiger partial charge in [-0.05, 0) is 6.92 Å². The molecule has 1 rings (SSSR count). The molecule has 5 heteroatoms. The molecular weight excluding hydrogens is 163 g/mol. The number of carbonyl (C=O) groups excluding carboxylic acids is 1. The number of hydrogen-bond acceptors (Lipinski definition) is 3. The summed E-state index contributed by atoms with van der Waals surface area (Å²) in [6.45, 7) is 1.94. The van der Waals surface area contributed by atoms with Gasteiger partial charge in [-0.25, -0.2) is 9.78 Å². The van der Waals surface area contributed by atoms with Gasteiger partial charge in [-0.3, -0.25) is 4.57 Å². The van der Waals surface area contributed by atoms with Crippen LogP contribution in [0.1, 0.15) is 17.5 Å². The lowest BCUT2D eigenvalue weighted by atomic mass is 10.6. The van der Waals surface area contributed by atoms with Crippen molar-refractivity contribution >= 4 is 5.97 Å². The Labute approximate surface area is 69.0 Å². The van der Waals surface area contributed by atoms with E-state index in [1.165, 1.54) is 7.05 Å². The molecule has 0 N–H and O–H groups in total. The summed E-state index contributed by atoms with van der Waals surface area (Å²) in [5.41, 5.74) is 0. The Morgan fingerprint density at radius 3 is 2.92 bits per heavy atom. The van der Waals surface area contributed by atoms with Gasteiger partial charge in [-0.2, -0.15) is 4.39 Å². The number of esters is 1. The van der Waals surface area contributed by atoms with Crippen molar-refractivity contribution in [2.24, 2.45) is 7.05 Å². The largest absolute Gasteiger partial charge is 0.460 e. The van der Waals surface area contributed by atoms with Crippen molar-refractivity contribution in [3.05, 3.63) is 18.0 Å². The Bertz CT molecular complexity index is 296. The lowest BCUT2D eigenvalue weighted by molar-refractivity contribution is 0.0506. The van der Waals surface area contributed by atoms with Crippen LogP contribution in [0.3, 0.4) is 0 Å². The van der Waals surface area contributed by atoms with E-state index < -0.39 is 11.9 Å². The first-order valence-electron chi connectivity index (χ1n) is 3.51. The highest BCUT2D eigenvalue weighted by molar-refractivity contribution is 5.85. The fourth-order valence-electron chi connectivity index (χ4n) is 0.774. The molecule has 4 nitrogen and oxygen atoms in total. The molecule has 1 heterocycles. The van der Waals surface area contributed by atoms with Crippen LogP contribution in [0.25, 0.3) is 0 Å². The van der Waals surface area contributed by atoms with Crippen molar-refractivity contribution in [1.82, 2.24) is 9.55 Å². The van der Waals surface area contributed by atoms with Gasteiger partial charge in [0.15, 0.2) is 0 Å². The normalized spacial score (nSPS) is 9.92. The molecule has 1 aromatic rings. The van der Waals surface area contributed by atoms with Crippen LogP contribution < -0.4 is 0 Å². The van der Waals surface area contributed by atoms with Crippen molar-refractivity contribution < 1.29 is 13.9 Å². The Morgan fingerprint density at radius 1 is 1.83 bits per heavy atom. The molecule has 0 aliphatic rings. The predicted molar refractivity (Wildman–Crippen MR) is 39.1 cm³/mol. The van der Waals surface area contributed by atoms with E-state index in [1.54, 1.807) is 6.92 Å². The maximum absolute atomic E-state index is 12.6. The summed E-state index contributed by atoms with van der Waals surface area (Å²) in [7, 11) is 1.41. The molecular formula is C7H9FN2O2. The fourth-order valence-corrected chi connectivity index (χ4v) is 0.774. The summed E-state index contributed by atoms with van der Waals surface area (Å²) in [5, 5.41) is 0. The lowest BCUT2D eigenvalue weighted by Crippen LogP contribution is -2.11. The third-order valence-electron chi connectivity index (χ3n) is 1.39.